The van der Waals surface area contributed by atoms with Gasteiger partial charge in [-0.05, 0) is 52.9 Å². The van der Waals surface area contributed by atoms with Crippen LogP contribution in [0.2, 0.25) is 0 Å². The van der Waals surface area contributed by atoms with E-state index in [0.717, 1.165) is 24.3 Å². The molecule has 0 fully saturated rings. The number of aromatic nitrogens is 2. The maximum Gasteiger partial charge on any atom is 0.499 e. The highest BCUT2D eigenvalue weighted by Crippen LogP contribution is 2.37. The second-order valence-corrected chi connectivity index (χ2v) is 6.97. The molecular formula is C19H11F5IN3O3. The van der Waals surface area contributed by atoms with Gasteiger partial charge in [0.05, 0.1) is 0 Å². The molecule has 0 N–H and O–H groups in total. The zero-order valence-corrected chi connectivity index (χ0v) is 17.3. The minimum Gasteiger partial charge on any atom is -0.439 e. The van der Waals surface area contributed by atoms with Gasteiger partial charge in [0.1, 0.15) is 21.1 Å². The van der Waals surface area contributed by atoms with Crippen LogP contribution in [0.1, 0.15) is 10.4 Å². The highest BCUT2D eigenvalue weighted by atomic mass is 127. The molecule has 1 aromatic carbocycles. The predicted octanol–water partition coefficient (Wildman–Crippen LogP) is 5.28. The fraction of sp³-hybridized carbons (Fsp3) is 0.105. The fourth-order valence-corrected chi connectivity index (χ4v) is 2.74. The highest BCUT2D eigenvalue weighted by Gasteiger charge is 2.61. The molecule has 12 heteroatoms. The van der Waals surface area contributed by atoms with Gasteiger partial charge in [0.15, 0.2) is 12.4 Å². The first-order valence-electron chi connectivity index (χ1n) is 8.35. The van der Waals surface area contributed by atoms with Crippen LogP contribution in [0.4, 0.5) is 22.0 Å². The summed E-state index contributed by atoms with van der Waals surface area (Å²) in [6.45, 7) is 0. The molecule has 31 heavy (non-hydrogen) atoms. The molecule has 162 valence electrons. The van der Waals surface area contributed by atoms with Crippen LogP contribution in [-0.4, -0.2) is 23.2 Å². The Morgan fingerprint density at radius 1 is 0.968 bits per heavy atom. The summed E-state index contributed by atoms with van der Waals surface area (Å²) in [7, 11) is 0. The Bertz CT molecular complexity index is 1060. The molecule has 3 rings (SSSR count). The number of pyridine rings is 2. The van der Waals surface area contributed by atoms with Crippen molar-refractivity contribution in [3.63, 3.8) is 0 Å². The number of amides is 1. The van der Waals surface area contributed by atoms with E-state index in [-0.39, 0.29) is 17.2 Å². The van der Waals surface area contributed by atoms with E-state index in [1.807, 2.05) is 22.6 Å². The lowest BCUT2D eigenvalue weighted by atomic mass is 10.2. The van der Waals surface area contributed by atoms with Crippen LogP contribution < -0.4 is 14.1 Å². The Labute approximate surface area is 185 Å². The summed E-state index contributed by atoms with van der Waals surface area (Å²) in [5.41, 5.74) is 4.07. The summed E-state index contributed by atoms with van der Waals surface area (Å²) in [5.74, 6) is -1.21. The van der Waals surface area contributed by atoms with Crippen LogP contribution in [0.5, 0.6) is 17.4 Å². The van der Waals surface area contributed by atoms with Gasteiger partial charge in [0, 0.05) is 23.8 Å². The predicted molar refractivity (Wildman–Crippen MR) is 105 cm³/mol. The second-order valence-electron chi connectivity index (χ2n) is 5.87. The number of hydrogen-bond acceptors (Lipinski definition) is 4. The molecule has 2 heterocycles. The first kappa shape index (κ1) is 22.7. The lowest BCUT2D eigenvalue weighted by Gasteiger charge is -2.20. The molecule has 0 aliphatic rings. The number of nitrogens with zero attached hydrogens (tertiary/aromatic N) is 3. The van der Waals surface area contributed by atoms with E-state index in [1.54, 1.807) is 30.6 Å². The first-order chi connectivity index (χ1) is 14.5. The van der Waals surface area contributed by atoms with Crippen LogP contribution in [0, 0.1) is 3.70 Å². The van der Waals surface area contributed by atoms with E-state index in [9.17, 15) is 26.7 Å². The largest absolute Gasteiger partial charge is 0.499 e. The third kappa shape index (κ3) is 5.99. The van der Waals surface area contributed by atoms with E-state index >= 15 is 0 Å². The van der Waals surface area contributed by atoms with Crippen LogP contribution in [0.25, 0.3) is 5.43 Å². The lowest BCUT2D eigenvalue weighted by Crippen LogP contribution is -2.41. The molecule has 0 atom stereocenters. The number of ether oxygens (including phenoxy) is 2. The number of halogens is 6. The van der Waals surface area contributed by atoms with Crippen LogP contribution in [0.3, 0.4) is 0 Å². The van der Waals surface area contributed by atoms with E-state index in [0.29, 0.717) is 3.70 Å². The van der Waals surface area contributed by atoms with E-state index < -0.39 is 23.9 Å². The van der Waals surface area contributed by atoms with Gasteiger partial charge in [-0.1, -0.05) is 6.07 Å². The van der Waals surface area contributed by atoms with E-state index in [1.165, 1.54) is 16.8 Å². The first-order valence-corrected chi connectivity index (χ1v) is 9.43. The molecule has 0 unspecified atom stereocenters. The molecule has 6 nitrogen and oxygen atoms in total. The van der Waals surface area contributed by atoms with Gasteiger partial charge in [0.25, 0.3) is 0 Å². The molecule has 3 aromatic rings. The summed E-state index contributed by atoms with van der Waals surface area (Å²) >= 11 is 1.86. The summed E-state index contributed by atoms with van der Waals surface area (Å²) in [5, 5.41) is 0. The molecule has 0 saturated carbocycles. The van der Waals surface area contributed by atoms with E-state index in [2.05, 4.69) is 15.1 Å². The van der Waals surface area contributed by atoms with Crippen molar-refractivity contribution in [2.75, 3.05) is 0 Å². The van der Waals surface area contributed by atoms with Gasteiger partial charge in [-0.3, -0.25) is 0 Å². The Morgan fingerprint density at radius 2 is 1.58 bits per heavy atom. The number of benzene rings is 1. The smallest absolute Gasteiger partial charge is 0.439 e. The van der Waals surface area contributed by atoms with E-state index in [4.69, 9.17) is 4.74 Å². The maximum absolute atomic E-state index is 13.0. The molecular weight excluding hydrogens is 540 g/mol. The summed E-state index contributed by atoms with van der Waals surface area (Å²) < 4.78 is 73.5. The average molecular weight is 551 g/mol. The minimum absolute atomic E-state index is 0.00204. The summed E-state index contributed by atoms with van der Waals surface area (Å²) in [4.78, 5) is 16.5. The van der Waals surface area contributed by atoms with Crippen molar-refractivity contribution in [2.45, 2.75) is 12.3 Å². The lowest BCUT2D eigenvalue weighted by molar-refractivity contribution is -0.617. The van der Waals surface area contributed by atoms with Gasteiger partial charge in [-0.15, -0.1) is 0 Å². The van der Waals surface area contributed by atoms with Crippen molar-refractivity contribution in [1.82, 2.24) is 4.98 Å². The molecule has 0 aliphatic heterocycles. The van der Waals surface area contributed by atoms with Crippen molar-refractivity contribution in [3.8, 4) is 17.4 Å². The van der Waals surface area contributed by atoms with Gasteiger partial charge in [0.2, 0.25) is 5.88 Å². The number of hydrogen-bond donors (Lipinski definition) is 0. The van der Waals surface area contributed by atoms with Crippen molar-refractivity contribution in [2.24, 2.45) is 0 Å². The van der Waals surface area contributed by atoms with Crippen LogP contribution in [0.15, 0.2) is 67.0 Å². The molecule has 2 aromatic heterocycles. The van der Waals surface area contributed by atoms with Crippen LogP contribution >= 0.6 is 22.6 Å². The van der Waals surface area contributed by atoms with Crippen LogP contribution in [-0.2, 0) is 0 Å². The number of carbonyl (C=O) groups is 1. The monoisotopic (exact) mass is 551 g/mol. The average Bonchev–Trinajstić information content (AvgIpc) is 2.69. The maximum atomic E-state index is 13.0. The number of alkyl halides is 5. The Kier molecular flexibility index (Phi) is 6.57. The second kappa shape index (κ2) is 8.99. The highest BCUT2D eigenvalue weighted by molar-refractivity contribution is 14.1. The standard InChI is InChI=1S/C19H11F5IN3O3/c20-18(21,22)19(23,24)31-14-6-4-13(5-7-14)30-16-11-12(10-15(25)26-16)17(29)27-28-8-2-1-3-9-28/h1-11H. The van der Waals surface area contributed by atoms with Gasteiger partial charge >= 0.3 is 12.3 Å². The molecule has 0 spiro atoms. The summed E-state index contributed by atoms with van der Waals surface area (Å²) in [6.07, 6.45) is -8.03. The van der Waals surface area contributed by atoms with Gasteiger partial charge in [-0.25, -0.2) is 9.66 Å². The Hall–Kier alpha value is -3.03. The Morgan fingerprint density at radius 3 is 2.19 bits per heavy atom. The zero-order chi connectivity index (χ0) is 22.6. The third-order valence-corrected chi connectivity index (χ3v) is 4.10. The summed E-state index contributed by atoms with van der Waals surface area (Å²) in [6, 6.07) is 12.0. The molecule has 1 amide bonds. The van der Waals surface area contributed by atoms with Crippen molar-refractivity contribution < 1.29 is 40.9 Å². The normalized spacial score (nSPS) is 11.7. The van der Waals surface area contributed by atoms with Crippen molar-refractivity contribution in [3.05, 3.63) is 81.7 Å². The Balaban J connectivity index is 1.72. The number of rotatable bonds is 6. The topological polar surface area (TPSA) is 66.4 Å². The minimum atomic E-state index is -5.85. The third-order valence-electron chi connectivity index (χ3n) is 3.55. The van der Waals surface area contributed by atoms with Gasteiger partial charge < -0.3 is 19.7 Å². The SMILES string of the molecule is O=C([N-][n+]1ccccc1)c1cc(I)nc(Oc2ccc(OC(F)(F)C(F)(F)F)cc2)c1. The molecule has 0 saturated heterocycles. The molecule has 0 aliphatic carbocycles. The van der Waals surface area contributed by atoms with Crippen molar-refractivity contribution in [1.29, 1.82) is 0 Å². The fourth-order valence-electron chi connectivity index (χ4n) is 2.17. The molecule has 0 radical (unpaired) electrons. The molecule has 0 bridgehead atoms. The van der Waals surface area contributed by atoms with Crippen molar-refractivity contribution >= 4 is 28.5 Å². The van der Waals surface area contributed by atoms with Gasteiger partial charge in [-0.2, -0.15) is 22.0 Å². The zero-order valence-electron chi connectivity index (χ0n) is 15.2. The number of carbonyl (C=O) groups excluding carboxylic acids is 1. The quantitative estimate of drug-likeness (QED) is 0.181.